The Labute approximate surface area is 311 Å². The molecule has 0 aliphatic heterocycles. The summed E-state index contributed by atoms with van der Waals surface area (Å²) >= 11 is 0. The molecule has 0 amide bonds. The predicted octanol–water partition coefficient (Wildman–Crippen LogP) is 12.3. The molecule has 6 nitrogen and oxygen atoms in total. The number of ether oxygens (including phenoxy) is 1. The van der Waals surface area contributed by atoms with Gasteiger partial charge < -0.3 is 14.4 Å². The van der Waals surface area contributed by atoms with Crippen molar-refractivity contribution in [2.24, 2.45) is 11.8 Å². The van der Waals surface area contributed by atoms with E-state index < -0.39 is 0 Å². The zero-order chi connectivity index (χ0) is 36.5. The van der Waals surface area contributed by atoms with Gasteiger partial charge in [-0.15, -0.1) is 0 Å². The summed E-state index contributed by atoms with van der Waals surface area (Å²) in [6.07, 6.45) is 38.4. The van der Waals surface area contributed by atoms with Crippen LogP contribution in [0.5, 0.6) is 0 Å². The third kappa shape index (κ3) is 26.4. The van der Waals surface area contributed by atoms with Gasteiger partial charge in [0, 0.05) is 37.9 Å². The number of hydrogen-bond acceptors (Lipinski definition) is 5. The van der Waals surface area contributed by atoms with Crippen LogP contribution in [0, 0.1) is 11.8 Å². The molecular formula is C44H85N3O3. The van der Waals surface area contributed by atoms with Crippen LogP contribution in [0.4, 0.5) is 0 Å². The third-order valence-electron chi connectivity index (χ3n) is 10.8. The Bertz CT molecular complexity index is 846. The summed E-state index contributed by atoms with van der Waals surface area (Å²) in [6, 6.07) is 0.331. The molecule has 0 aliphatic rings. The van der Waals surface area contributed by atoms with Gasteiger partial charge in [0.2, 0.25) is 0 Å². The number of carbonyl (C=O) groups is 1. The minimum Gasteiger partial charge on any atom is -0.465 e. The SMILES string of the molecule is CCCCCCCCCCCCC(O)CN(CCCCCC(=O)OCC(CCCCCC)CCCCCCCC)C(Cn1ccnc1)C(C)C. The summed E-state index contributed by atoms with van der Waals surface area (Å²) in [5.41, 5.74) is 0. The van der Waals surface area contributed by atoms with Crippen LogP contribution in [0.25, 0.3) is 0 Å². The Morgan fingerprint density at radius 3 is 1.72 bits per heavy atom. The Hall–Kier alpha value is -1.40. The highest BCUT2D eigenvalue weighted by molar-refractivity contribution is 5.69. The molecule has 0 fully saturated rings. The second-order valence-corrected chi connectivity index (χ2v) is 16.0. The van der Waals surface area contributed by atoms with Crippen LogP contribution < -0.4 is 0 Å². The molecular weight excluding hydrogens is 619 g/mol. The zero-order valence-corrected chi connectivity index (χ0v) is 34.1. The number of nitrogens with zero attached hydrogens (tertiary/aromatic N) is 3. The number of unbranched alkanes of at least 4 members (excludes halogenated alkanes) is 19. The molecule has 3 atom stereocenters. The van der Waals surface area contributed by atoms with E-state index in [1.54, 1.807) is 0 Å². The topological polar surface area (TPSA) is 67.6 Å². The van der Waals surface area contributed by atoms with Gasteiger partial charge in [-0.25, -0.2) is 4.98 Å². The fourth-order valence-electron chi connectivity index (χ4n) is 7.41. The summed E-state index contributed by atoms with van der Waals surface area (Å²) in [6.45, 7) is 14.6. The number of aliphatic hydroxyl groups excluding tert-OH is 1. The summed E-state index contributed by atoms with van der Waals surface area (Å²) in [4.78, 5) is 19.5. The van der Waals surface area contributed by atoms with Crippen molar-refractivity contribution >= 4 is 5.97 Å². The molecule has 1 rings (SSSR count). The van der Waals surface area contributed by atoms with Crippen molar-refractivity contribution in [2.75, 3.05) is 19.7 Å². The highest BCUT2D eigenvalue weighted by Crippen LogP contribution is 2.21. The number of aliphatic hydroxyl groups is 1. The van der Waals surface area contributed by atoms with E-state index in [9.17, 15) is 9.90 Å². The fraction of sp³-hybridized carbons (Fsp3) is 0.909. The summed E-state index contributed by atoms with van der Waals surface area (Å²) in [5.74, 6) is 0.962. The summed E-state index contributed by atoms with van der Waals surface area (Å²) in [7, 11) is 0. The Balaban J connectivity index is 2.49. The van der Waals surface area contributed by atoms with Gasteiger partial charge in [-0.1, -0.05) is 169 Å². The van der Waals surface area contributed by atoms with Gasteiger partial charge in [0.05, 0.1) is 19.0 Å². The largest absolute Gasteiger partial charge is 0.465 e. The molecule has 0 aliphatic carbocycles. The number of imidazole rings is 1. The normalized spacial score (nSPS) is 13.7. The zero-order valence-electron chi connectivity index (χ0n) is 34.1. The Morgan fingerprint density at radius 1 is 0.700 bits per heavy atom. The fourth-order valence-corrected chi connectivity index (χ4v) is 7.41. The monoisotopic (exact) mass is 704 g/mol. The lowest BCUT2D eigenvalue weighted by atomic mass is 9.95. The first kappa shape index (κ1) is 46.6. The molecule has 0 bridgehead atoms. The lowest BCUT2D eigenvalue weighted by Gasteiger charge is -2.36. The minimum atomic E-state index is -0.297. The predicted molar refractivity (Wildman–Crippen MR) is 215 cm³/mol. The molecule has 1 aromatic rings. The highest BCUT2D eigenvalue weighted by atomic mass is 16.5. The quantitative estimate of drug-likeness (QED) is 0.0552. The van der Waals surface area contributed by atoms with Gasteiger partial charge in [-0.3, -0.25) is 9.69 Å². The van der Waals surface area contributed by atoms with Crippen LogP contribution in [0.1, 0.15) is 208 Å². The first-order valence-electron chi connectivity index (χ1n) is 21.9. The van der Waals surface area contributed by atoms with Gasteiger partial charge in [-0.2, -0.15) is 0 Å². The van der Waals surface area contributed by atoms with Crippen molar-refractivity contribution in [3.05, 3.63) is 18.7 Å². The van der Waals surface area contributed by atoms with E-state index in [4.69, 9.17) is 4.74 Å². The first-order valence-corrected chi connectivity index (χ1v) is 21.9. The lowest BCUT2D eigenvalue weighted by molar-refractivity contribution is -0.145. The number of hydrogen-bond donors (Lipinski definition) is 1. The Morgan fingerprint density at radius 2 is 1.20 bits per heavy atom. The molecule has 294 valence electrons. The summed E-state index contributed by atoms with van der Waals surface area (Å²) < 4.78 is 8.03. The van der Waals surface area contributed by atoms with Crippen molar-refractivity contribution in [1.29, 1.82) is 0 Å². The third-order valence-corrected chi connectivity index (χ3v) is 10.8. The first-order chi connectivity index (χ1) is 24.4. The van der Waals surface area contributed by atoms with E-state index in [0.717, 1.165) is 51.7 Å². The molecule has 0 saturated carbocycles. The maximum atomic E-state index is 12.8. The molecule has 0 radical (unpaired) electrons. The van der Waals surface area contributed by atoms with Crippen molar-refractivity contribution < 1.29 is 14.6 Å². The van der Waals surface area contributed by atoms with E-state index in [-0.39, 0.29) is 12.1 Å². The Kier molecular flexibility index (Phi) is 31.2. The molecule has 1 heterocycles. The van der Waals surface area contributed by atoms with E-state index in [0.29, 0.717) is 30.9 Å². The standard InChI is InChI=1S/C44H85N3O3/c1-6-9-12-15-17-18-19-20-22-26-31-42(48)36-47(43(40(4)5)37-46-35-33-45-39-46)34-28-23-27-32-44(49)50-38-41(29-24-14-11-8-3)30-25-21-16-13-10-7-2/h33,35,39-43,48H,6-32,34,36-38H2,1-5H3. The molecule has 0 saturated heterocycles. The van der Waals surface area contributed by atoms with Crippen LogP contribution in [0.2, 0.25) is 0 Å². The smallest absolute Gasteiger partial charge is 0.305 e. The number of carbonyl (C=O) groups excluding carboxylic acids is 1. The average molecular weight is 704 g/mol. The second kappa shape index (κ2) is 33.4. The van der Waals surface area contributed by atoms with Gasteiger partial charge in [0.1, 0.15) is 0 Å². The molecule has 0 aromatic carbocycles. The molecule has 0 spiro atoms. The molecule has 3 unspecified atom stereocenters. The van der Waals surface area contributed by atoms with E-state index in [1.165, 1.54) is 135 Å². The molecule has 1 aromatic heterocycles. The van der Waals surface area contributed by atoms with Crippen LogP contribution in [0.3, 0.4) is 0 Å². The average Bonchev–Trinajstić information content (AvgIpc) is 3.62. The molecule has 6 heteroatoms. The van der Waals surface area contributed by atoms with Crippen LogP contribution in [-0.4, -0.2) is 57.4 Å². The molecule has 50 heavy (non-hydrogen) atoms. The van der Waals surface area contributed by atoms with E-state index in [1.807, 2.05) is 18.7 Å². The van der Waals surface area contributed by atoms with E-state index >= 15 is 0 Å². The van der Waals surface area contributed by atoms with Gasteiger partial charge >= 0.3 is 5.97 Å². The van der Waals surface area contributed by atoms with Crippen molar-refractivity contribution in [1.82, 2.24) is 14.5 Å². The molecule has 1 N–H and O–H groups in total. The second-order valence-electron chi connectivity index (χ2n) is 16.0. The maximum absolute atomic E-state index is 12.8. The number of aromatic nitrogens is 2. The van der Waals surface area contributed by atoms with Crippen molar-refractivity contribution in [2.45, 2.75) is 227 Å². The lowest BCUT2D eigenvalue weighted by Crippen LogP contribution is -2.46. The minimum absolute atomic E-state index is 0.0181. The van der Waals surface area contributed by atoms with Crippen molar-refractivity contribution in [3.8, 4) is 0 Å². The van der Waals surface area contributed by atoms with Crippen LogP contribution in [-0.2, 0) is 16.1 Å². The maximum Gasteiger partial charge on any atom is 0.305 e. The van der Waals surface area contributed by atoms with Crippen LogP contribution >= 0.6 is 0 Å². The van der Waals surface area contributed by atoms with Gasteiger partial charge in [-0.05, 0) is 50.5 Å². The van der Waals surface area contributed by atoms with E-state index in [2.05, 4.69) is 49.1 Å². The van der Waals surface area contributed by atoms with Gasteiger partial charge in [0.15, 0.2) is 0 Å². The van der Waals surface area contributed by atoms with Crippen LogP contribution in [0.15, 0.2) is 18.7 Å². The number of rotatable bonds is 37. The van der Waals surface area contributed by atoms with Crippen molar-refractivity contribution in [3.63, 3.8) is 0 Å². The number of esters is 1. The van der Waals surface area contributed by atoms with Gasteiger partial charge in [0.25, 0.3) is 0 Å². The summed E-state index contributed by atoms with van der Waals surface area (Å²) in [5, 5.41) is 11.1. The highest BCUT2D eigenvalue weighted by Gasteiger charge is 2.24.